The van der Waals surface area contributed by atoms with Gasteiger partial charge in [-0.1, -0.05) is 25.8 Å². The van der Waals surface area contributed by atoms with Gasteiger partial charge in [-0.15, -0.1) is 0 Å². The SMILES string of the molecule is CC=N/C(C)=C\CCCC. The van der Waals surface area contributed by atoms with E-state index in [0.29, 0.717) is 0 Å². The minimum atomic E-state index is 1.14. The van der Waals surface area contributed by atoms with Crippen LogP contribution in [0.25, 0.3) is 0 Å². The first-order valence-corrected chi connectivity index (χ1v) is 3.96. The highest BCUT2D eigenvalue weighted by Crippen LogP contribution is 2.00. The molecule has 0 bridgehead atoms. The van der Waals surface area contributed by atoms with Crippen molar-refractivity contribution in [2.45, 2.75) is 40.0 Å². The number of rotatable bonds is 4. The Bertz CT molecular complexity index is 123. The van der Waals surface area contributed by atoms with Gasteiger partial charge in [0.25, 0.3) is 0 Å². The fourth-order valence-corrected chi connectivity index (χ4v) is 0.771. The quantitative estimate of drug-likeness (QED) is 0.419. The van der Waals surface area contributed by atoms with Gasteiger partial charge < -0.3 is 0 Å². The molecule has 0 amide bonds. The van der Waals surface area contributed by atoms with E-state index in [1.807, 2.05) is 20.1 Å². The lowest BCUT2D eigenvalue weighted by atomic mass is 10.2. The fourth-order valence-electron chi connectivity index (χ4n) is 0.771. The summed E-state index contributed by atoms with van der Waals surface area (Å²) in [7, 11) is 0. The summed E-state index contributed by atoms with van der Waals surface area (Å²) in [5.74, 6) is 0. The zero-order valence-electron chi connectivity index (χ0n) is 7.22. The Hall–Kier alpha value is -0.590. The molecule has 0 radical (unpaired) electrons. The van der Waals surface area contributed by atoms with E-state index in [-0.39, 0.29) is 0 Å². The Morgan fingerprint density at radius 3 is 2.70 bits per heavy atom. The van der Waals surface area contributed by atoms with Gasteiger partial charge in [0.15, 0.2) is 0 Å². The van der Waals surface area contributed by atoms with Crippen molar-refractivity contribution < 1.29 is 0 Å². The molecule has 1 heteroatoms. The number of aliphatic imine (C=N–C) groups is 1. The maximum Gasteiger partial charge on any atom is 0.0328 e. The van der Waals surface area contributed by atoms with Crippen LogP contribution in [0.2, 0.25) is 0 Å². The van der Waals surface area contributed by atoms with Crippen molar-refractivity contribution in [3.8, 4) is 0 Å². The third-order valence-corrected chi connectivity index (χ3v) is 1.33. The summed E-state index contributed by atoms with van der Waals surface area (Å²) in [6.07, 6.45) is 7.72. The summed E-state index contributed by atoms with van der Waals surface area (Å²) < 4.78 is 0. The minimum absolute atomic E-state index is 1.14. The molecule has 0 N–H and O–H groups in total. The third kappa shape index (κ3) is 5.54. The second-order valence-corrected chi connectivity index (χ2v) is 2.38. The first kappa shape index (κ1) is 9.41. The molecule has 0 aromatic rings. The normalized spacial score (nSPS) is 12.9. The molecule has 0 aliphatic heterocycles. The lowest BCUT2D eigenvalue weighted by Gasteiger charge is -1.91. The summed E-state index contributed by atoms with van der Waals surface area (Å²) in [4.78, 5) is 4.13. The van der Waals surface area contributed by atoms with Crippen LogP contribution in [-0.4, -0.2) is 6.21 Å². The standard InChI is InChI=1S/C9H17N/c1-4-6-7-8-9(3)10-5-2/h5,8H,4,6-7H2,1-3H3/b9-8-,10-5?. The molecular formula is C9H17N. The topological polar surface area (TPSA) is 12.4 Å². The van der Waals surface area contributed by atoms with Gasteiger partial charge in [-0.05, 0) is 20.3 Å². The average molecular weight is 139 g/mol. The van der Waals surface area contributed by atoms with Crippen molar-refractivity contribution in [2.24, 2.45) is 4.99 Å². The number of allylic oxidation sites excluding steroid dienone is 2. The maximum absolute atomic E-state index is 4.13. The highest BCUT2D eigenvalue weighted by molar-refractivity contribution is 5.55. The Morgan fingerprint density at radius 1 is 1.50 bits per heavy atom. The smallest absolute Gasteiger partial charge is 0.0328 e. The zero-order valence-corrected chi connectivity index (χ0v) is 7.22. The first-order chi connectivity index (χ1) is 4.81. The summed E-state index contributed by atoms with van der Waals surface area (Å²) in [5, 5.41) is 0. The van der Waals surface area contributed by atoms with Crippen molar-refractivity contribution in [1.82, 2.24) is 0 Å². The zero-order chi connectivity index (χ0) is 7.82. The Balaban J connectivity index is 3.47. The molecule has 1 nitrogen and oxygen atoms in total. The molecule has 10 heavy (non-hydrogen) atoms. The van der Waals surface area contributed by atoms with Gasteiger partial charge in [-0.2, -0.15) is 0 Å². The summed E-state index contributed by atoms with van der Waals surface area (Å²) in [6.45, 7) is 6.18. The third-order valence-electron chi connectivity index (χ3n) is 1.33. The van der Waals surface area contributed by atoms with Crippen LogP contribution >= 0.6 is 0 Å². The number of hydrogen-bond acceptors (Lipinski definition) is 1. The van der Waals surface area contributed by atoms with Crippen LogP contribution in [0.15, 0.2) is 16.8 Å². The Labute approximate surface area is 63.9 Å². The molecule has 0 aromatic carbocycles. The van der Waals surface area contributed by atoms with E-state index in [0.717, 1.165) is 5.70 Å². The number of nitrogens with zero attached hydrogens (tertiary/aromatic N) is 1. The van der Waals surface area contributed by atoms with Crippen LogP contribution < -0.4 is 0 Å². The second-order valence-electron chi connectivity index (χ2n) is 2.38. The number of hydrogen-bond donors (Lipinski definition) is 0. The summed E-state index contributed by atoms with van der Waals surface area (Å²) in [5.41, 5.74) is 1.14. The largest absolute Gasteiger partial charge is 0.267 e. The van der Waals surface area contributed by atoms with Gasteiger partial charge in [0, 0.05) is 11.9 Å². The first-order valence-electron chi connectivity index (χ1n) is 3.96. The second kappa shape index (κ2) is 6.53. The van der Waals surface area contributed by atoms with E-state index in [9.17, 15) is 0 Å². The van der Waals surface area contributed by atoms with E-state index in [1.54, 1.807) is 0 Å². The van der Waals surface area contributed by atoms with Crippen molar-refractivity contribution in [1.29, 1.82) is 0 Å². The van der Waals surface area contributed by atoms with Crippen molar-refractivity contribution in [2.75, 3.05) is 0 Å². The lowest BCUT2D eigenvalue weighted by Crippen LogP contribution is -1.72. The van der Waals surface area contributed by atoms with Crippen molar-refractivity contribution in [3.63, 3.8) is 0 Å². The molecule has 0 rings (SSSR count). The maximum atomic E-state index is 4.13. The van der Waals surface area contributed by atoms with Gasteiger partial charge >= 0.3 is 0 Å². The molecule has 0 aromatic heterocycles. The van der Waals surface area contributed by atoms with E-state index in [4.69, 9.17) is 0 Å². The van der Waals surface area contributed by atoms with Crippen molar-refractivity contribution in [3.05, 3.63) is 11.8 Å². The van der Waals surface area contributed by atoms with Crippen LogP contribution in [0.5, 0.6) is 0 Å². The van der Waals surface area contributed by atoms with Crippen LogP contribution in [0.1, 0.15) is 40.0 Å². The van der Waals surface area contributed by atoms with Crippen LogP contribution in [0.3, 0.4) is 0 Å². The molecule has 58 valence electrons. The summed E-state index contributed by atoms with van der Waals surface area (Å²) >= 11 is 0. The van der Waals surface area contributed by atoms with E-state index >= 15 is 0 Å². The molecule has 0 atom stereocenters. The summed E-state index contributed by atoms with van der Waals surface area (Å²) in [6, 6.07) is 0. The van der Waals surface area contributed by atoms with E-state index in [2.05, 4.69) is 18.0 Å². The highest BCUT2D eigenvalue weighted by Gasteiger charge is 1.81. The molecule has 0 aliphatic rings. The van der Waals surface area contributed by atoms with Crippen molar-refractivity contribution >= 4 is 6.21 Å². The molecule has 0 aliphatic carbocycles. The molecular weight excluding hydrogens is 122 g/mol. The molecule has 0 saturated carbocycles. The van der Waals surface area contributed by atoms with Gasteiger partial charge in [0.1, 0.15) is 0 Å². The Kier molecular flexibility index (Phi) is 6.14. The van der Waals surface area contributed by atoms with Gasteiger partial charge in [-0.3, -0.25) is 4.99 Å². The van der Waals surface area contributed by atoms with Crippen LogP contribution in [0.4, 0.5) is 0 Å². The molecule has 0 saturated heterocycles. The van der Waals surface area contributed by atoms with Gasteiger partial charge in [0.2, 0.25) is 0 Å². The Morgan fingerprint density at radius 2 is 2.20 bits per heavy atom. The fraction of sp³-hybridized carbons (Fsp3) is 0.667. The molecule has 0 fully saturated rings. The number of unbranched alkanes of at least 4 members (excludes halogenated alkanes) is 2. The molecule has 0 unspecified atom stereocenters. The van der Waals surface area contributed by atoms with E-state index < -0.39 is 0 Å². The minimum Gasteiger partial charge on any atom is -0.267 e. The monoisotopic (exact) mass is 139 g/mol. The predicted octanol–water partition coefficient (Wildman–Crippen LogP) is 3.17. The lowest BCUT2D eigenvalue weighted by molar-refractivity contribution is 0.810. The van der Waals surface area contributed by atoms with Crippen LogP contribution in [0, 0.1) is 0 Å². The molecule has 0 heterocycles. The van der Waals surface area contributed by atoms with Crippen LogP contribution in [-0.2, 0) is 0 Å². The average Bonchev–Trinajstić information content (AvgIpc) is 1.89. The highest BCUT2D eigenvalue weighted by atomic mass is 14.7. The van der Waals surface area contributed by atoms with Gasteiger partial charge in [0.05, 0.1) is 0 Å². The predicted molar refractivity (Wildman–Crippen MR) is 47.4 cm³/mol. The van der Waals surface area contributed by atoms with E-state index in [1.165, 1.54) is 19.3 Å². The van der Waals surface area contributed by atoms with Gasteiger partial charge in [-0.25, -0.2) is 0 Å². The molecule has 0 spiro atoms.